The van der Waals surface area contributed by atoms with Crippen molar-refractivity contribution >= 4 is 6.09 Å². The van der Waals surface area contributed by atoms with E-state index in [2.05, 4.69) is 26.0 Å². The van der Waals surface area contributed by atoms with Gasteiger partial charge in [0.25, 0.3) is 0 Å². The Balaban J connectivity index is 2.68. The van der Waals surface area contributed by atoms with E-state index in [1.165, 1.54) is 18.3 Å². The van der Waals surface area contributed by atoms with Crippen molar-refractivity contribution in [3.8, 4) is 0 Å². The lowest BCUT2D eigenvalue weighted by atomic mass is 10.1. The molecule has 0 aliphatic carbocycles. The van der Waals surface area contributed by atoms with E-state index in [0.717, 1.165) is 12.8 Å². The molecule has 0 bridgehead atoms. The Morgan fingerprint density at radius 1 is 1.47 bits per heavy atom. The van der Waals surface area contributed by atoms with Gasteiger partial charge in [0.2, 0.25) is 0 Å². The zero-order chi connectivity index (χ0) is 11.3. The maximum absolute atomic E-state index is 11.3. The van der Waals surface area contributed by atoms with Gasteiger partial charge in [-0.25, -0.2) is 4.79 Å². The third-order valence-electron chi connectivity index (χ3n) is 2.61. The molecule has 1 aliphatic heterocycles. The second-order valence-corrected chi connectivity index (χ2v) is 3.62. The topological polar surface area (TPSA) is 29.5 Å². The summed E-state index contributed by atoms with van der Waals surface area (Å²) in [7, 11) is 1.42. The van der Waals surface area contributed by atoms with Crippen molar-refractivity contribution in [2.24, 2.45) is 0 Å². The Hall–Kier alpha value is -1.25. The summed E-state index contributed by atoms with van der Waals surface area (Å²) in [5, 5.41) is 0. The number of allylic oxidation sites excluding steroid dienone is 1. The Bertz CT molecular complexity index is 292. The van der Waals surface area contributed by atoms with Gasteiger partial charge in [0.1, 0.15) is 0 Å². The number of ether oxygens (including phenoxy) is 1. The molecule has 1 amide bonds. The van der Waals surface area contributed by atoms with E-state index in [1.54, 1.807) is 4.90 Å². The molecule has 1 aliphatic rings. The monoisotopic (exact) mass is 209 g/mol. The molecule has 3 nitrogen and oxygen atoms in total. The first-order valence-electron chi connectivity index (χ1n) is 5.43. The van der Waals surface area contributed by atoms with E-state index in [0.29, 0.717) is 13.1 Å². The first kappa shape index (κ1) is 11.8. The summed E-state index contributed by atoms with van der Waals surface area (Å²) < 4.78 is 4.72. The zero-order valence-electron chi connectivity index (χ0n) is 9.75. The van der Waals surface area contributed by atoms with E-state index < -0.39 is 0 Å². The molecule has 3 heteroatoms. The SMILES string of the molecule is CC/C=C\C1=C(CC)CN(C(=O)OC)C1. The van der Waals surface area contributed by atoms with Gasteiger partial charge in [-0.05, 0) is 24.0 Å². The Morgan fingerprint density at radius 2 is 2.20 bits per heavy atom. The Labute approximate surface area is 91.4 Å². The van der Waals surface area contributed by atoms with E-state index in [4.69, 9.17) is 4.74 Å². The molecule has 0 saturated carbocycles. The smallest absolute Gasteiger partial charge is 0.410 e. The first-order chi connectivity index (χ1) is 7.22. The van der Waals surface area contributed by atoms with E-state index >= 15 is 0 Å². The second-order valence-electron chi connectivity index (χ2n) is 3.62. The number of nitrogens with zero attached hydrogens (tertiary/aromatic N) is 1. The van der Waals surface area contributed by atoms with Crippen molar-refractivity contribution in [2.75, 3.05) is 20.2 Å². The van der Waals surface area contributed by atoms with Crippen LogP contribution in [0, 0.1) is 0 Å². The molecule has 0 aromatic heterocycles. The average molecular weight is 209 g/mol. The van der Waals surface area contributed by atoms with Gasteiger partial charge in [-0.15, -0.1) is 0 Å². The van der Waals surface area contributed by atoms with Gasteiger partial charge in [0.15, 0.2) is 0 Å². The fourth-order valence-corrected chi connectivity index (χ4v) is 1.73. The fourth-order valence-electron chi connectivity index (χ4n) is 1.73. The van der Waals surface area contributed by atoms with Crippen molar-refractivity contribution in [2.45, 2.75) is 26.7 Å². The number of carbonyl (C=O) groups excluding carboxylic acids is 1. The predicted molar refractivity (Wildman–Crippen MR) is 60.7 cm³/mol. The van der Waals surface area contributed by atoms with Crippen LogP contribution < -0.4 is 0 Å². The van der Waals surface area contributed by atoms with Gasteiger partial charge in [0, 0.05) is 13.1 Å². The molecule has 0 N–H and O–H groups in total. The molecule has 0 unspecified atom stereocenters. The summed E-state index contributed by atoms with van der Waals surface area (Å²) >= 11 is 0. The van der Waals surface area contributed by atoms with Crippen molar-refractivity contribution in [3.63, 3.8) is 0 Å². The number of hydrogen-bond donors (Lipinski definition) is 0. The van der Waals surface area contributed by atoms with E-state index in [1.807, 2.05) is 0 Å². The van der Waals surface area contributed by atoms with Crippen LogP contribution in [0.15, 0.2) is 23.3 Å². The second kappa shape index (κ2) is 5.59. The minimum Gasteiger partial charge on any atom is -0.453 e. The fraction of sp³-hybridized carbons (Fsp3) is 0.583. The molecule has 1 rings (SSSR count). The van der Waals surface area contributed by atoms with Gasteiger partial charge in [-0.1, -0.05) is 26.0 Å². The summed E-state index contributed by atoms with van der Waals surface area (Å²) in [5.41, 5.74) is 2.61. The zero-order valence-corrected chi connectivity index (χ0v) is 9.75. The standard InChI is InChI=1S/C12H19NO2/c1-4-6-7-11-9-13(12(14)15-3)8-10(11)5-2/h6-7H,4-5,8-9H2,1-3H3/b7-6-. The molecule has 0 spiro atoms. The molecular formula is C12H19NO2. The summed E-state index contributed by atoms with van der Waals surface area (Å²) in [6, 6.07) is 0. The van der Waals surface area contributed by atoms with Crippen LogP contribution in [0.3, 0.4) is 0 Å². The van der Waals surface area contributed by atoms with E-state index in [9.17, 15) is 4.79 Å². The highest BCUT2D eigenvalue weighted by atomic mass is 16.5. The van der Waals surface area contributed by atoms with Crippen LogP contribution >= 0.6 is 0 Å². The molecule has 0 atom stereocenters. The largest absolute Gasteiger partial charge is 0.453 e. The van der Waals surface area contributed by atoms with Crippen molar-refractivity contribution in [3.05, 3.63) is 23.3 Å². The van der Waals surface area contributed by atoms with Crippen LogP contribution in [0.2, 0.25) is 0 Å². The molecule has 0 aromatic rings. The maximum Gasteiger partial charge on any atom is 0.410 e. The minimum absolute atomic E-state index is 0.235. The Morgan fingerprint density at radius 3 is 2.73 bits per heavy atom. The summed E-state index contributed by atoms with van der Waals surface area (Å²) in [6.07, 6.45) is 6.05. The van der Waals surface area contributed by atoms with E-state index in [-0.39, 0.29) is 6.09 Å². The van der Waals surface area contributed by atoms with Gasteiger partial charge in [0.05, 0.1) is 7.11 Å². The van der Waals surface area contributed by atoms with Crippen molar-refractivity contribution < 1.29 is 9.53 Å². The lowest BCUT2D eigenvalue weighted by Gasteiger charge is -2.13. The summed E-state index contributed by atoms with van der Waals surface area (Å²) in [6.45, 7) is 5.63. The lowest BCUT2D eigenvalue weighted by Crippen LogP contribution is -2.29. The normalized spacial score (nSPS) is 16.6. The molecule has 84 valence electrons. The lowest BCUT2D eigenvalue weighted by molar-refractivity contribution is 0.134. The first-order valence-corrected chi connectivity index (χ1v) is 5.43. The van der Waals surface area contributed by atoms with Gasteiger partial charge < -0.3 is 4.74 Å². The highest BCUT2D eigenvalue weighted by molar-refractivity contribution is 5.69. The van der Waals surface area contributed by atoms with Crippen LogP contribution in [0.5, 0.6) is 0 Å². The third-order valence-corrected chi connectivity index (χ3v) is 2.61. The molecule has 1 heterocycles. The molecule has 0 aromatic carbocycles. The van der Waals surface area contributed by atoms with Crippen LogP contribution in [-0.4, -0.2) is 31.2 Å². The van der Waals surface area contributed by atoms with Crippen molar-refractivity contribution in [1.29, 1.82) is 0 Å². The highest BCUT2D eigenvalue weighted by Gasteiger charge is 2.23. The van der Waals surface area contributed by atoms with Gasteiger partial charge >= 0.3 is 6.09 Å². The average Bonchev–Trinajstić information content (AvgIpc) is 2.68. The maximum atomic E-state index is 11.3. The predicted octanol–water partition coefficient (Wildman–Crippen LogP) is 2.74. The molecular weight excluding hydrogens is 190 g/mol. The van der Waals surface area contributed by atoms with Crippen LogP contribution in [0.1, 0.15) is 26.7 Å². The quantitative estimate of drug-likeness (QED) is 0.715. The molecule has 0 radical (unpaired) electrons. The molecule has 0 saturated heterocycles. The summed E-state index contributed by atoms with van der Waals surface area (Å²) in [5.74, 6) is 0. The number of carbonyl (C=O) groups is 1. The number of methoxy groups -OCH3 is 1. The van der Waals surface area contributed by atoms with Gasteiger partial charge in [-0.2, -0.15) is 0 Å². The van der Waals surface area contributed by atoms with Crippen LogP contribution in [0.4, 0.5) is 4.79 Å². The van der Waals surface area contributed by atoms with Gasteiger partial charge in [-0.3, -0.25) is 4.90 Å². The van der Waals surface area contributed by atoms with Crippen molar-refractivity contribution in [1.82, 2.24) is 4.90 Å². The summed E-state index contributed by atoms with van der Waals surface area (Å²) in [4.78, 5) is 13.1. The third kappa shape index (κ3) is 2.85. The number of rotatable bonds is 3. The number of amides is 1. The highest BCUT2D eigenvalue weighted by Crippen LogP contribution is 2.21. The number of hydrogen-bond acceptors (Lipinski definition) is 2. The van der Waals surface area contributed by atoms with Crippen LogP contribution in [-0.2, 0) is 4.74 Å². The van der Waals surface area contributed by atoms with Crippen LogP contribution in [0.25, 0.3) is 0 Å². The molecule has 0 fully saturated rings. The Kier molecular flexibility index (Phi) is 4.40. The molecule has 15 heavy (non-hydrogen) atoms. The minimum atomic E-state index is -0.235.